The first-order valence-corrected chi connectivity index (χ1v) is 6.86. The molecule has 0 aliphatic carbocycles. The zero-order valence-corrected chi connectivity index (χ0v) is 12.7. The van der Waals surface area contributed by atoms with Crippen molar-refractivity contribution in [3.05, 3.63) is 67.7 Å². The first kappa shape index (κ1) is 17.2. The van der Waals surface area contributed by atoms with Crippen LogP contribution in [0.2, 0.25) is 5.02 Å². The van der Waals surface area contributed by atoms with Gasteiger partial charge < -0.3 is 10.1 Å². The van der Waals surface area contributed by atoms with Gasteiger partial charge in [-0.25, -0.2) is 0 Å². The van der Waals surface area contributed by atoms with Gasteiger partial charge >= 0.3 is 5.69 Å². The number of hydrogen-bond acceptors (Lipinski definition) is 6. The molecule has 0 heterocycles. The highest BCUT2D eigenvalue weighted by molar-refractivity contribution is 6.31. The summed E-state index contributed by atoms with van der Waals surface area (Å²) in [4.78, 5) is 32.3. The maximum atomic E-state index is 11.9. The van der Waals surface area contributed by atoms with Crippen molar-refractivity contribution in [1.29, 1.82) is 0 Å². The molecule has 24 heavy (non-hydrogen) atoms. The van der Waals surface area contributed by atoms with Crippen molar-refractivity contribution in [2.75, 3.05) is 11.9 Å². The molecule has 9 nitrogen and oxygen atoms in total. The lowest BCUT2D eigenvalue weighted by atomic mass is 10.2. The van der Waals surface area contributed by atoms with Crippen LogP contribution in [0.3, 0.4) is 0 Å². The van der Waals surface area contributed by atoms with Crippen molar-refractivity contribution in [1.82, 2.24) is 0 Å². The van der Waals surface area contributed by atoms with Gasteiger partial charge in [-0.3, -0.25) is 25.0 Å². The van der Waals surface area contributed by atoms with E-state index in [9.17, 15) is 25.0 Å². The molecule has 1 amide bonds. The van der Waals surface area contributed by atoms with E-state index >= 15 is 0 Å². The van der Waals surface area contributed by atoms with E-state index < -0.39 is 22.4 Å². The van der Waals surface area contributed by atoms with Gasteiger partial charge in [0.15, 0.2) is 12.4 Å². The summed E-state index contributed by atoms with van der Waals surface area (Å²) < 4.78 is 5.11. The van der Waals surface area contributed by atoms with Crippen LogP contribution in [0.5, 0.6) is 5.75 Å². The molecule has 0 fully saturated rings. The summed E-state index contributed by atoms with van der Waals surface area (Å²) >= 11 is 5.68. The molecule has 0 aromatic heterocycles. The fourth-order valence-corrected chi connectivity index (χ4v) is 1.99. The Morgan fingerprint density at radius 2 is 1.75 bits per heavy atom. The Bertz CT molecular complexity index is 811. The lowest BCUT2D eigenvalue weighted by Gasteiger charge is -2.08. The number of halogens is 1. The van der Waals surface area contributed by atoms with Crippen LogP contribution < -0.4 is 10.1 Å². The van der Waals surface area contributed by atoms with Crippen LogP contribution in [-0.2, 0) is 4.79 Å². The molecule has 0 saturated heterocycles. The second-order valence-electron chi connectivity index (χ2n) is 4.48. The Balaban J connectivity index is 2.08. The van der Waals surface area contributed by atoms with E-state index in [2.05, 4.69) is 5.32 Å². The summed E-state index contributed by atoms with van der Waals surface area (Å²) in [7, 11) is 0. The van der Waals surface area contributed by atoms with Crippen molar-refractivity contribution in [2.45, 2.75) is 0 Å². The summed E-state index contributed by atoms with van der Waals surface area (Å²) in [6, 6.07) is 9.32. The standard InChI is InChI=1S/C14H10ClN3O6/c15-9-5-6-10(12(7-9)18(22)23)16-14(19)8-24-13-4-2-1-3-11(13)17(20)21/h1-7H,8H2,(H,16,19). The van der Waals surface area contributed by atoms with E-state index in [1.165, 1.54) is 36.4 Å². The molecular formula is C14H10ClN3O6. The highest BCUT2D eigenvalue weighted by atomic mass is 35.5. The predicted octanol–water partition coefficient (Wildman–Crippen LogP) is 3.17. The third-order valence-corrected chi connectivity index (χ3v) is 3.09. The molecule has 0 radical (unpaired) electrons. The molecule has 0 bridgehead atoms. The summed E-state index contributed by atoms with van der Waals surface area (Å²) in [5.41, 5.74) is -0.718. The number of benzene rings is 2. The normalized spacial score (nSPS) is 10.0. The van der Waals surface area contributed by atoms with Crippen LogP contribution in [0.15, 0.2) is 42.5 Å². The zero-order valence-electron chi connectivity index (χ0n) is 12.0. The zero-order chi connectivity index (χ0) is 17.7. The molecule has 2 aromatic carbocycles. The monoisotopic (exact) mass is 351 g/mol. The minimum Gasteiger partial charge on any atom is -0.477 e. The van der Waals surface area contributed by atoms with Crippen LogP contribution in [0.4, 0.5) is 17.1 Å². The number of carbonyl (C=O) groups is 1. The van der Waals surface area contributed by atoms with Gasteiger partial charge in [-0.2, -0.15) is 0 Å². The second-order valence-corrected chi connectivity index (χ2v) is 4.92. The predicted molar refractivity (Wildman–Crippen MR) is 85.3 cm³/mol. The third kappa shape index (κ3) is 4.17. The summed E-state index contributed by atoms with van der Waals surface area (Å²) in [5.74, 6) is -0.790. The minimum absolute atomic E-state index is 0.0550. The number of ether oxygens (including phenoxy) is 1. The Morgan fingerprint density at radius 1 is 1.08 bits per heavy atom. The molecule has 0 unspecified atom stereocenters. The van der Waals surface area contributed by atoms with Crippen molar-refractivity contribution in [3.8, 4) is 5.75 Å². The number of rotatable bonds is 6. The molecule has 1 N–H and O–H groups in total. The maximum Gasteiger partial charge on any atom is 0.310 e. The number of carbonyl (C=O) groups excluding carboxylic acids is 1. The highest BCUT2D eigenvalue weighted by Gasteiger charge is 2.18. The van der Waals surface area contributed by atoms with Gasteiger partial charge in [-0.05, 0) is 18.2 Å². The van der Waals surface area contributed by atoms with Gasteiger partial charge in [-0.1, -0.05) is 23.7 Å². The van der Waals surface area contributed by atoms with E-state index in [0.29, 0.717) is 0 Å². The summed E-state index contributed by atoms with van der Waals surface area (Å²) in [6.07, 6.45) is 0. The fraction of sp³-hybridized carbons (Fsp3) is 0.0714. The molecule has 2 aromatic rings. The van der Waals surface area contributed by atoms with Gasteiger partial charge in [0.2, 0.25) is 0 Å². The number of anilines is 1. The van der Waals surface area contributed by atoms with Gasteiger partial charge in [0.25, 0.3) is 11.6 Å². The fourth-order valence-electron chi connectivity index (χ4n) is 1.82. The topological polar surface area (TPSA) is 125 Å². The molecule has 10 heteroatoms. The quantitative estimate of drug-likeness (QED) is 0.629. The van der Waals surface area contributed by atoms with Crippen molar-refractivity contribution >= 4 is 34.6 Å². The average Bonchev–Trinajstić information content (AvgIpc) is 2.54. The Hall–Kier alpha value is -3.20. The second kappa shape index (κ2) is 7.38. The van der Waals surface area contributed by atoms with Crippen molar-refractivity contribution < 1.29 is 19.4 Å². The molecule has 0 atom stereocenters. The molecule has 0 spiro atoms. The van der Waals surface area contributed by atoms with Gasteiger partial charge in [-0.15, -0.1) is 0 Å². The molecule has 0 aliphatic rings. The van der Waals surface area contributed by atoms with E-state index in [1.807, 2.05) is 0 Å². The van der Waals surface area contributed by atoms with Crippen LogP contribution in [0.1, 0.15) is 0 Å². The van der Waals surface area contributed by atoms with Crippen molar-refractivity contribution in [2.24, 2.45) is 0 Å². The highest BCUT2D eigenvalue weighted by Crippen LogP contribution is 2.28. The largest absolute Gasteiger partial charge is 0.477 e. The van der Waals surface area contributed by atoms with E-state index in [0.717, 1.165) is 6.07 Å². The Labute approximate surface area is 140 Å². The number of amides is 1. The van der Waals surface area contributed by atoms with Crippen LogP contribution >= 0.6 is 11.6 Å². The molecular weight excluding hydrogens is 342 g/mol. The smallest absolute Gasteiger partial charge is 0.310 e. The lowest BCUT2D eigenvalue weighted by molar-refractivity contribution is -0.385. The summed E-state index contributed by atoms with van der Waals surface area (Å²) in [5, 5.41) is 24.2. The number of nitrogens with zero attached hydrogens (tertiary/aromatic N) is 2. The molecule has 0 aliphatic heterocycles. The van der Waals surface area contributed by atoms with Crippen LogP contribution in [0, 0.1) is 20.2 Å². The number of nitrogens with one attached hydrogen (secondary N) is 1. The lowest BCUT2D eigenvalue weighted by Crippen LogP contribution is -2.21. The van der Waals surface area contributed by atoms with E-state index in [1.54, 1.807) is 0 Å². The summed E-state index contributed by atoms with van der Waals surface area (Å²) in [6.45, 7) is -0.551. The molecule has 2 rings (SSSR count). The molecule has 124 valence electrons. The van der Waals surface area contributed by atoms with Crippen LogP contribution in [-0.4, -0.2) is 22.4 Å². The van der Waals surface area contributed by atoms with Gasteiger partial charge in [0.1, 0.15) is 5.69 Å². The Morgan fingerprint density at radius 3 is 2.42 bits per heavy atom. The Kier molecular flexibility index (Phi) is 5.27. The maximum absolute atomic E-state index is 11.9. The van der Waals surface area contributed by atoms with Crippen molar-refractivity contribution in [3.63, 3.8) is 0 Å². The third-order valence-electron chi connectivity index (χ3n) is 2.85. The average molecular weight is 352 g/mol. The van der Waals surface area contributed by atoms with Crippen LogP contribution in [0.25, 0.3) is 0 Å². The van der Waals surface area contributed by atoms with Gasteiger partial charge in [0, 0.05) is 17.2 Å². The van der Waals surface area contributed by atoms with E-state index in [4.69, 9.17) is 16.3 Å². The first-order valence-electron chi connectivity index (χ1n) is 6.48. The molecule has 0 saturated carbocycles. The van der Waals surface area contributed by atoms with E-state index in [-0.39, 0.29) is 27.8 Å². The SMILES string of the molecule is O=C(COc1ccccc1[N+](=O)[O-])Nc1ccc(Cl)cc1[N+](=O)[O-]. The number of nitro groups is 2. The minimum atomic E-state index is -0.710. The number of nitro benzene ring substituents is 2. The first-order chi connectivity index (χ1) is 11.4. The number of para-hydroxylation sites is 2. The number of hydrogen-bond donors (Lipinski definition) is 1. The van der Waals surface area contributed by atoms with Gasteiger partial charge in [0.05, 0.1) is 9.85 Å².